The van der Waals surface area contributed by atoms with E-state index >= 15 is 0 Å². The molecule has 0 saturated heterocycles. The van der Waals surface area contributed by atoms with Gasteiger partial charge in [-0.15, -0.1) is 0 Å². The van der Waals surface area contributed by atoms with Crippen molar-refractivity contribution in [2.24, 2.45) is 0 Å². The summed E-state index contributed by atoms with van der Waals surface area (Å²) in [6.07, 6.45) is -1.41. The maximum Gasteiger partial charge on any atom is 0.414 e. The van der Waals surface area contributed by atoms with Crippen molar-refractivity contribution in [2.75, 3.05) is 0 Å². The van der Waals surface area contributed by atoms with Gasteiger partial charge >= 0.3 is 6.09 Å². The van der Waals surface area contributed by atoms with E-state index in [1.54, 1.807) is 18.2 Å². The molecule has 0 bridgehead atoms. The molecular formula is C23H21Cl4N3O3S. The van der Waals surface area contributed by atoms with Crippen molar-refractivity contribution in [3.05, 3.63) is 73.6 Å². The minimum absolute atomic E-state index is 0.0458. The first-order valence-electron chi connectivity index (χ1n) is 10.2. The first-order chi connectivity index (χ1) is 16.0. The monoisotopic (exact) mass is 559 g/mol. The highest BCUT2D eigenvalue weighted by Gasteiger charge is 2.28. The molecule has 3 aromatic rings. The molecule has 2 aromatic carbocycles. The number of carbonyl (C=O) groups excluding carboxylic acids is 1. The summed E-state index contributed by atoms with van der Waals surface area (Å²) in [7, 11) is 0. The lowest BCUT2D eigenvalue weighted by Crippen LogP contribution is -2.36. The lowest BCUT2D eigenvalue weighted by Gasteiger charge is -2.18. The standard InChI is InChI=1S/C23H21Cl4N3O3S/c1-4-29-19(11-30(23(32)33)21(31)13-5-14(24)7-15(25)6-13)28-20(12(2)3)22(29)34-18-9-16(26)8-17(27)10-18/h5-10,12H,4,11H2,1-3H3,(H,32,33). The molecular weight excluding hydrogens is 540 g/mol. The van der Waals surface area contributed by atoms with Crippen LogP contribution in [0.25, 0.3) is 0 Å². The average molecular weight is 561 g/mol. The van der Waals surface area contributed by atoms with Crippen LogP contribution in [0.15, 0.2) is 46.3 Å². The van der Waals surface area contributed by atoms with Gasteiger partial charge in [0.2, 0.25) is 0 Å². The maximum absolute atomic E-state index is 13.0. The van der Waals surface area contributed by atoms with Gasteiger partial charge in [-0.05, 0) is 49.2 Å². The van der Waals surface area contributed by atoms with Crippen LogP contribution in [0.3, 0.4) is 0 Å². The molecule has 6 nitrogen and oxygen atoms in total. The summed E-state index contributed by atoms with van der Waals surface area (Å²) in [6, 6.07) is 9.46. The van der Waals surface area contributed by atoms with Gasteiger partial charge in [0.15, 0.2) is 0 Å². The highest BCUT2D eigenvalue weighted by atomic mass is 35.5. The Labute approximate surface area is 221 Å². The number of nitrogens with zero attached hydrogens (tertiary/aromatic N) is 3. The molecule has 0 aliphatic carbocycles. The summed E-state index contributed by atoms with van der Waals surface area (Å²) in [5.74, 6) is -0.264. The Morgan fingerprint density at radius 3 is 2.00 bits per heavy atom. The van der Waals surface area contributed by atoms with Gasteiger partial charge in [0, 0.05) is 37.1 Å². The molecule has 0 fully saturated rings. The molecule has 0 aliphatic rings. The third kappa shape index (κ3) is 6.20. The van der Waals surface area contributed by atoms with Gasteiger partial charge in [-0.25, -0.2) is 14.7 Å². The minimum Gasteiger partial charge on any atom is -0.465 e. The van der Waals surface area contributed by atoms with Crippen LogP contribution in [-0.2, 0) is 13.1 Å². The Morgan fingerprint density at radius 2 is 1.53 bits per heavy atom. The van der Waals surface area contributed by atoms with Gasteiger partial charge in [-0.3, -0.25) is 4.79 Å². The van der Waals surface area contributed by atoms with Crippen LogP contribution < -0.4 is 0 Å². The van der Waals surface area contributed by atoms with Crippen molar-refractivity contribution >= 4 is 70.2 Å². The molecule has 0 spiro atoms. The largest absolute Gasteiger partial charge is 0.465 e. The van der Waals surface area contributed by atoms with Crippen molar-refractivity contribution in [1.82, 2.24) is 14.5 Å². The van der Waals surface area contributed by atoms with E-state index in [1.807, 2.05) is 25.3 Å². The van der Waals surface area contributed by atoms with Gasteiger partial charge in [0.05, 0.1) is 12.2 Å². The summed E-state index contributed by atoms with van der Waals surface area (Å²) in [5, 5.41) is 12.1. The zero-order chi connectivity index (χ0) is 25.2. The molecule has 2 amide bonds. The van der Waals surface area contributed by atoms with Crippen LogP contribution in [0.1, 0.15) is 48.6 Å². The zero-order valence-corrected chi connectivity index (χ0v) is 22.3. The van der Waals surface area contributed by atoms with E-state index < -0.39 is 12.0 Å². The summed E-state index contributed by atoms with van der Waals surface area (Å²) >= 11 is 25.8. The van der Waals surface area contributed by atoms with E-state index in [9.17, 15) is 14.7 Å². The number of halogens is 4. The fraction of sp³-hybridized carbons (Fsp3) is 0.261. The van der Waals surface area contributed by atoms with Crippen molar-refractivity contribution < 1.29 is 14.7 Å². The summed E-state index contributed by atoms with van der Waals surface area (Å²) in [5.41, 5.74) is 0.850. The van der Waals surface area contributed by atoms with E-state index in [2.05, 4.69) is 0 Å². The highest BCUT2D eigenvalue weighted by molar-refractivity contribution is 7.99. The van der Waals surface area contributed by atoms with Gasteiger partial charge in [0.25, 0.3) is 5.91 Å². The Kier molecular flexibility index (Phi) is 8.82. The Morgan fingerprint density at radius 1 is 1.00 bits per heavy atom. The van der Waals surface area contributed by atoms with Crippen LogP contribution in [0.5, 0.6) is 0 Å². The van der Waals surface area contributed by atoms with Crippen LogP contribution in [0.4, 0.5) is 4.79 Å². The quantitative estimate of drug-likeness (QED) is 0.316. The highest BCUT2D eigenvalue weighted by Crippen LogP contribution is 2.37. The van der Waals surface area contributed by atoms with Gasteiger partial charge in [0.1, 0.15) is 10.9 Å². The van der Waals surface area contributed by atoms with Crippen LogP contribution in [-0.4, -0.2) is 31.6 Å². The molecule has 0 saturated carbocycles. The third-order valence-corrected chi connectivity index (χ3v) is 6.79. The third-order valence-electron chi connectivity index (χ3n) is 4.82. The normalized spacial score (nSPS) is 11.2. The first-order valence-corrected chi connectivity index (χ1v) is 12.6. The van der Waals surface area contributed by atoms with Crippen LogP contribution in [0.2, 0.25) is 20.1 Å². The molecule has 0 atom stereocenters. The number of hydrogen-bond donors (Lipinski definition) is 1. The van der Waals surface area contributed by atoms with Crippen molar-refractivity contribution in [2.45, 2.75) is 49.7 Å². The average Bonchev–Trinajstić information content (AvgIpc) is 3.07. The molecule has 3 rings (SSSR count). The molecule has 1 heterocycles. The van der Waals surface area contributed by atoms with E-state index in [0.29, 0.717) is 27.3 Å². The fourth-order valence-corrected chi connectivity index (χ4v) is 5.84. The number of imidazole rings is 1. The molecule has 1 aromatic heterocycles. The topological polar surface area (TPSA) is 75.4 Å². The molecule has 180 valence electrons. The zero-order valence-electron chi connectivity index (χ0n) is 18.5. The molecule has 0 aliphatic heterocycles. The number of imide groups is 1. The van der Waals surface area contributed by atoms with Crippen LogP contribution in [0, 0.1) is 0 Å². The molecule has 34 heavy (non-hydrogen) atoms. The Hall–Kier alpha value is -1.90. The van der Waals surface area contributed by atoms with E-state index in [-0.39, 0.29) is 28.1 Å². The number of amides is 2. The van der Waals surface area contributed by atoms with Crippen molar-refractivity contribution in [1.29, 1.82) is 0 Å². The second-order valence-corrected chi connectivity index (χ2v) is 10.5. The smallest absolute Gasteiger partial charge is 0.414 e. The lowest BCUT2D eigenvalue weighted by molar-refractivity contribution is 0.0723. The van der Waals surface area contributed by atoms with Crippen molar-refractivity contribution in [3.8, 4) is 0 Å². The minimum atomic E-state index is -1.41. The second-order valence-electron chi connectivity index (χ2n) is 7.66. The maximum atomic E-state index is 13.0. The van der Waals surface area contributed by atoms with E-state index in [4.69, 9.17) is 51.4 Å². The number of carbonyl (C=O) groups is 2. The predicted octanol–water partition coefficient (Wildman–Crippen LogP) is 8.11. The molecule has 1 N–H and O–H groups in total. The number of carboxylic acid groups (broad SMARTS) is 1. The fourth-order valence-electron chi connectivity index (χ4n) is 3.33. The Balaban J connectivity index is 2.03. The molecule has 0 radical (unpaired) electrons. The number of benzene rings is 2. The van der Waals surface area contributed by atoms with Gasteiger partial charge in [-0.2, -0.15) is 0 Å². The predicted molar refractivity (Wildman–Crippen MR) is 137 cm³/mol. The summed E-state index contributed by atoms with van der Waals surface area (Å²) in [6.45, 7) is 6.18. The van der Waals surface area contributed by atoms with Gasteiger partial charge < -0.3 is 9.67 Å². The number of hydrogen-bond acceptors (Lipinski definition) is 4. The van der Waals surface area contributed by atoms with E-state index in [0.717, 1.165) is 15.6 Å². The number of aromatic nitrogens is 2. The van der Waals surface area contributed by atoms with E-state index in [1.165, 1.54) is 30.0 Å². The lowest BCUT2D eigenvalue weighted by atomic mass is 10.1. The first kappa shape index (κ1) is 26.7. The second kappa shape index (κ2) is 11.2. The Bertz CT molecular complexity index is 1210. The SMILES string of the molecule is CCn1c(CN(C(=O)O)C(=O)c2cc(Cl)cc(Cl)c2)nc(C(C)C)c1Sc1cc(Cl)cc(Cl)c1. The number of rotatable bonds is 7. The molecule has 0 unspecified atom stereocenters. The van der Waals surface area contributed by atoms with Crippen LogP contribution >= 0.6 is 58.2 Å². The van der Waals surface area contributed by atoms with Gasteiger partial charge in [-0.1, -0.05) is 72.0 Å². The summed E-state index contributed by atoms with van der Waals surface area (Å²) < 4.78 is 1.89. The summed E-state index contributed by atoms with van der Waals surface area (Å²) in [4.78, 5) is 31.3. The van der Waals surface area contributed by atoms with Crippen molar-refractivity contribution in [3.63, 3.8) is 0 Å². The molecule has 11 heteroatoms.